The zero-order valence-electron chi connectivity index (χ0n) is 14.9. The van der Waals surface area contributed by atoms with Gasteiger partial charge in [0, 0.05) is 6.54 Å². The van der Waals surface area contributed by atoms with Crippen LogP contribution in [-0.2, 0) is 9.59 Å². The summed E-state index contributed by atoms with van der Waals surface area (Å²) >= 11 is 0. The Morgan fingerprint density at radius 2 is 2.08 bits per heavy atom. The minimum Gasteiger partial charge on any atom is -0.346 e. The van der Waals surface area contributed by atoms with Crippen molar-refractivity contribution in [1.82, 2.24) is 10.2 Å². The van der Waals surface area contributed by atoms with Crippen LogP contribution in [0.4, 0.5) is 4.39 Å². The van der Waals surface area contributed by atoms with E-state index in [9.17, 15) is 14.0 Å². The number of hydrogen-bond donors (Lipinski definition) is 2. The Bertz CT molecular complexity index is 612. The van der Waals surface area contributed by atoms with E-state index in [4.69, 9.17) is 5.73 Å². The summed E-state index contributed by atoms with van der Waals surface area (Å²) in [6.07, 6.45) is 0.786. The molecular weight excluding hydrogens is 345 g/mol. The molecule has 7 heteroatoms. The van der Waals surface area contributed by atoms with Crippen molar-refractivity contribution in [2.75, 3.05) is 13.1 Å². The second kappa shape index (κ2) is 9.15. The number of carbonyl (C=O) groups is 2. The van der Waals surface area contributed by atoms with Crippen LogP contribution in [0.1, 0.15) is 38.8 Å². The lowest BCUT2D eigenvalue weighted by atomic mass is 10.0. The van der Waals surface area contributed by atoms with Crippen molar-refractivity contribution in [3.8, 4) is 0 Å². The van der Waals surface area contributed by atoms with Crippen LogP contribution in [0, 0.1) is 17.7 Å². The first-order valence-electron chi connectivity index (χ1n) is 8.37. The summed E-state index contributed by atoms with van der Waals surface area (Å²) in [5, 5.41) is 2.61. The van der Waals surface area contributed by atoms with Crippen molar-refractivity contribution in [3.63, 3.8) is 0 Å². The molecule has 5 nitrogen and oxygen atoms in total. The Hall–Kier alpha value is -1.66. The Morgan fingerprint density at radius 1 is 1.40 bits per heavy atom. The SMILES string of the molecule is CC1CC(c2cccc(F)c2)N(C(=O)CNC(=O)[C@@H](N)C(C)C)C1.Cl. The first-order valence-corrected chi connectivity index (χ1v) is 8.37. The van der Waals surface area contributed by atoms with E-state index >= 15 is 0 Å². The molecule has 2 amide bonds. The summed E-state index contributed by atoms with van der Waals surface area (Å²) in [6.45, 7) is 6.29. The van der Waals surface area contributed by atoms with Crippen molar-refractivity contribution >= 4 is 24.2 Å². The number of nitrogens with zero attached hydrogens (tertiary/aromatic N) is 1. The van der Waals surface area contributed by atoms with Gasteiger partial charge in [-0.1, -0.05) is 32.9 Å². The molecule has 0 saturated carbocycles. The number of benzene rings is 1. The zero-order chi connectivity index (χ0) is 17.9. The van der Waals surface area contributed by atoms with Crippen LogP contribution in [0.5, 0.6) is 0 Å². The van der Waals surface area contributed by atoms with Gasteiger partial charge in [0.2, 0.25) is 11.8 Å². The molecular formula is C18H27ClFN3O2. The molecule has 140 valence electrons. The highest BCUT2D eigenvalue weighted by Crippen LogP contribution is 2.35. The van der Waals surface area contributed by atoms with Crippen molar-refractivity contribution in [2.45, 2.75) is 39.3 Å². The number of carbonyl (C=O) groups excluding carboxylic acids is 2. The topological polar surface area (TPSA) is 75.4 Å². The van der Waals surface area contributed by atoms with E-state index in [-0.39, 0.29) is 48.5 Å². The van der Waals surface area contributed by atoms with Gasteiger partial charge in [-0.2, -0.15) is 0 Å². The normalized spacial score (nSPS) is 21.0. The number of amides is 2. The Morgan fingerprint density at radius 3 is 2.68 bits per heavy atom. The van der Waals surface area contributed by atoms with Crippen LogP contribution >= 0.6 is 12.4 Å². The Kier molecular flexibility index (Phi) is 7.83. The van der Waals surface area contributed by atoms with Gasteiger partial charge in [-0.3, -0.25) is 9.59 Å². The summed E-state index contributed by atoms with van der Waals surface area (Å²) in [6, 6.07) is 5.56. The minimum atomic E-state index is -0.630. The van der Waals surface area contributed by atoms with Crippen molar-refractivity contribution in [1.29, 1.82) is 0 Å². The molecule has 25 heavy (non-hydrogen) atoms. The number of rotatable bonds is 5. The predicted octanol–water partition coefficient (Wildman–Crippen LogP) is 2.26. The number of nitrogens with two attached hydrogens (primary N) is 1. The molecule has 3 N–H and O–H groups in total. The molecule has 1 fully saturated rings. The predicted molar refractivity (Wildman–Crippen MR) is 97.7 cm³/mol. The number of hydrogen-bond acceptors (Lipinski definition) is 3. The summed E-state index contributed by atoms with van der Waals surface area (Å²) in [5.41, 5.74) is 6.57. The second-order valence-corrected chi connectivity index (χ2v) is 6.95. The fourth-order valence-corrected chi connectivity index (χ4v) is 3.04. The molecule has 2 rings (SSSR count). The van der Waals surface area contributed by atoms with Crippen LogP contribution in [0.2, 0.25) is 0 Å². The lowest BCUT2D eigenvalue weighted by Crippen LogP contribution is -2.47. The standard InChI is InChI=1S/C18H26FN3O2.ClH/c1-11(2)17(20)18(24)21-9-16(23)22-10-12(3)7-15(22)13-5-4-6-14(19)8-13;/h4-6,8,11-12,15,17H,7,9-10,20H2,1-3H3,(H,21,24);1H/t12?,15?,17-;/m0./s1. The molecule has 0 bridgehead atoms. The van der Waals surface area contributed by atoms with E-state index in [2.05, 4.69) is 12.2 Å². The number of likely N-dealkylation sites (tertiary alicyclic amines) is 1. The third-order valence-corrected chi connectivity index (χ3v) is 4.50. The van der Waals surface area contributed by atoms with Gasteiger partial charge in [-0.25, -0.2) is 4.39 Å². The molecule has 0 aromatic heterocycles. The smallest absolute Gasteiger partial charge is 0.242 e. The molecule has 0 aliphatic carbocycles. The van der Waals surface area contributed by atoms with Crippen LogP contribution in [0.15, 0.2) is 24.3 Å². The van der Waals surface area contributed by atoms with Crippen molar-refractivity contribution in [3.05, 3.63) is 35.6 Å². The van der Waals surface area contributed by atoms with Gasteiger partial charge in [0.1, 0.15) is 5.82 Å². The fourth-order valence-electron chi connectivity index (χ4n) is 3.04. The summed E-state index contributed by atoms with van der Waals surface area (Å²) in [4.78, 5) is 26.2. The quantitative estimate of drug-likeness (QED) is 0.833. The largest absolute Gasteiger partial charge is 0.346 e. The third-order valence-electron chi connectivity index (χ3n) is 4.50. The van der Waals surface area contributed by atoms with Gasteiger partial charge < -0.3 is 16.0 Å². The van der Waals surface area contributed by atoms with Crippen molar-refractivity contribution < 1.29 is 14.0 Å². The molecule has 1 aromatic carbocycles. The van der Waals surface area contributed by atoms with Crippen LogP contribution < -0.4 is 11.1 Å². The zero-order valence-corrected chi connectivity index (χ0v) is 15.7. The third kappa shape index (κ3) is 5.41. The maximum Gasteiger partial charge on any atom is 0.242 e. The van der Waals surface area contributed by atoms with E-state index in [0.29, 0.717) is 12.5 Å². The molecule has 2 unspecified atom stereocenters. The molecule has 1 aliphatic heterocycles. The van der Waals surface area contributed by atoms with Crippen LogP contribution in [0.3, 0.4) is 0 Å². The summed E-state index contributed by atoms with van der Waals surface area (Å²) < 4.78 is 13.5. The lowest BCUT2D eigenvalue weighted by Gasteiger charge is -2.26. The molecule has 0 radical (unpaired) electrons. The highest BCUT2D eigenvalue weighted by atomic mass is 35.5. The molecule has 3 atom stereocenters. The molecule has 1 aromatic rings. The van der Waals surface area contributed by atoms with Gasteiger partial charge in [-0.05, 0) is 36.0 Å². The maximum absolute atomic E-state index is 13.5. The molecule has 1 saturated heterocycles. The monoisotopic (exact) mass is 371 g/mol. The second-order valence-electron chi connectivity index (χ2n) is 6.95. The highest BCUT2D eigenvalue weighted by Gasteiger charge is 2.34. The van der Waals surface area contributed by atoms with E-state index in [1.807, 2.05) is 19.9 Å². The van der Waals surface area contributed by atoms with E-state index in [0.717, 1.165) is 12.0 Å². The Balaban J connectivity index is 0.00000312. The van der Waals surface area contributed by atoms with E-state index < -0.39 is 6.04 Å². The number of nitrogens with one attached hydrogen (secondary N) is 1. The summed E-state index contributed by atoms with van der Waals surface area (Å²) in [7, 11) is 0. The van der Waals surface area contributed by atoms with Gasteiger partial charge in [-0.15, -0.1) is 12.4 Å². The van der Waals surface area contributed by atoms with Gasteiger partial charge in [0.25, 0.3) is 0 Å². The van der Waals surface area contributed by atoms with E-state index in [1.165, 1.54) is 12.1 Å². The maximum atomic E-state index is 13.5. The van der Waals surface area contributed by atoms with Crippen LogP contribution in [0.25, 0.3) is 0 Å². The first-order chi connectivity index (χ1) is 11.3. The highest BCUT2D eigenvalue weighted by molar-refractivity contribution is 5.87. The average molecular weight is 372 g/mol. The average Bonchev–Trinajstić information content (AvgIpc) is 2.93. The molecule has 1 aliphatic rings. The van der Waals surface area contributed by atoms with Gasteiger partial charge in [0.15, 0.2) is 0 Å². The summed E-state index contributed by atoms with van der Waals surface area (Å²) in [5.74, 6) is -0.468. The van der Waals surface area contributed by atoms with E-state index in [1.54, 1.807) is 11.0 Å². The number of halogens is 2. The van der Waals surface area contributed by atoms with Crippen LogP contribution in [-0.4, -0.2) is 35.8 Å². The van der Waals surface area contributed by atoms with Crippen molar-refractivity contribution in [2.24, 2.45) is 17.6 Å². The first kappa shape index (κ1) is 21.4. The Labute approximate surface area is 154 Å². The van der Waals surface area contributed by atoms with Gasteiger partial charge in [0.05, 0.1) is 18.6 Å². The van der Waals surface area contributed by atoms with Gasteiger partial charge >= 0.3 is 0 Å². The molecule has 1 heterocycles. The minimum absolute atomic E-state index is 0. The fraction of sp³-hybridized carbons (Fsp3) is 0.556. The lowest BCUT2D eigenvalue weighted by molar-refractivity contribution is -0.134. The molecule has 0 spiro atoms.